The third-order valence-electron chi connectivity index (χ3n) is 4.18. The van der Waals surface area contributed by atoms with E-state index in [0.29, 0.717) is 10.6 Å². The van der Waals surface area contributed by atoms with Crippen LogP contribution in [0.4, 0.5) is 0 Å². The first-order valence-electron chi connectivity index (χ1n) is 7.49. The van der Waals surface area contributed by atoms with Gasteiger partial charge in [-0.2, -0.15) is 0 Å². The summed E-state index contributed by atoms with van der Waals surface area (Å²) >= 11 is 6.26. The van der Waals surface area contributed by atoms with Gasteiger partial charge in [-0.15, -0.1) is 0 Å². The number of carbonyl (C=O) groups is 1. The van der Waals surface area contributed by atoms with Crippen molar-refractivity contribution in [2.45, 2.75) is 58.8 Å². The molecule has 0 unspecified atom stereocenters. The summed E-state index contributed by atoms with van der Waals surface area (Å²) in [6.45, 7) is 11.8. The van der Waals surface area contributed by atoms with Crippen LogP contribution in [0.1, 0.15) is 51.9 Å². The summed E-state index contributed by atoms with van der Waals surface area (Å²) in [5, 5.41) is 3.22. The lowest BCUT2D eigenvalue weighted by molar-refractivity contribution is 0.00578. The molecule has 0 radical (unpaired) electrons. The van der Waals surface area contributed by atoms with Gasteiger partial charge in [0.05, 0.1) is 21.8 Å². The number of amides is 1. The minimum atomic E-state index is -0.482. The maximum absolute atomic E-state index is 12.1. The third-order valence-corrected chi connectivity index (χ3v) is 4.50. The number of carbonyl (C=O) groups excluding carboxylic acids is 1. The van der Waals surface area contributed by atoms with E-state index in [9.17, 15) is 4.79 Å². The van der Waals surface area contributed by atoms with Crippen LogP contribution in [0.15, 0.2) is 18.2 Å². The Hall–Kier alpha value is -1.04. The Labute approximate surface area is 137 Å². The number of hydrogen-bond donors (Lipinski definition) is 1. The van der Waals surface area contributed by atoms with Gasteiger partial charge in [0.25, 0.3) is 5.91 Å². The summed E-state index contributed by atoms with van der Waals surface area (Å²) in [6, 6.07) is 5.33. The standard InChI is InChI=1S/C16H23BClNO3/c1-10(2)19-14(20)12-8-7-11(9-13(12)18)17-21-15(3,4)16(5,6)22-17/h7-10H,1-6H3,(H,19,20). The fraction of sp³-hybridized carbons (Fsp3) is 0.562. The molecule has 1 saturated heterocycles. The second kappa shape index (κ2) is 5.87. The molecule has 6 heteroatoms. The van der Waals surface area contributed by atoms with Gasteiger partial charge in [-0.25, -0.2) is 0 Å². The third kappa shape index (κ3) is 3.32. The predicted octanol–water partition coefficient (Wildman–Crippen LogP) is 2.78. The Morgan fingerprint density at radius 2 is 1.73 bits per heavy atom. The van der Waals surface area contributed by atoms with Crippen LogP contribution in [0.25, 0.3) is 0 Å². The molecule has 0 spiro atoms. The largest absolute Gasteiger partial charge is 0.494 e. The maximum Gasteiger partial charge on any atom is 0.494 e. The first kappa shape index (κ1) is 17.3. The molecule has 1 aliphatic rings. The smallest absolute Gasteiger partial charge is 0.399 e. The molecule has 1 amide bonds. The van der Waals surface area contributed by atoms with Crippen LogP contribution >= 0.6 is 11.6 Å². The van der Waals surface area contributed by atoms with Gasteiger partial charge >= 0.3 is 7.12 Å². The van der Waals surface area contributed by atoms with Gasteiger partial charge in [0.2, 0.25) is 0 Å². The summed E-state index contributed by atoms with van der Waals surface area (Å²) in [6.07, 6.45) is 0. The Morgan fingerprint density at radius 1 is 1.18 bits per heavy atom. The van der Waals surface area contributed by atoms with Crippen molar-refractivity contribution in [1.82, 2.24) is 5.32 Å². The zero-order chi connectivity index (χ0) is 16.7. The summed E-state index contributed by atoms with van der Waals surface area (Å²) in [4.78, 5) is 12.1. The van der Waals surface area contributed by atoms with Gasteiger partial charge in [-0.1, -0.05) is 17.7 Å². The molecule has 0 aliphatic carbocycles. The highest BCUT2D eigenvalue weighted by molar-refractivity contribution is 6.62. The van der Waals surface area contributed by atoms with E-state index in [1.165, 1.54) is 0 Å². The van der Waals surface area contributed by atoms with Gasteiger partial charge < -0.3 is 14.6 Å². The number of halogens is 1. The molecule has 1 aromatic rings. The number of rotatable bonds is 3. The average molecular weight is 324 g/mol. The molecule has 0 bridgehead atoms. The number of benzene rings is 1. The summed E-state index contributed by atoms with van der Waals surface area (Å²) in [5.41, 5.74) is 0.454. The molecule has 1 aliphatic heterocycles. The van der Waals surface area contributed by atoms with Gasteiger partial charge in [0, 0.05) is 6.04 Å². The molecule has 120 valence electrons. The van der Waals surface area contributed by atoms with Crippen molar-refractivity contribution in [3.05, 3.63) is 28.8 Å². The first-order chi connectivity index (χ1) is 10.0. The van der Waals surface area contributed by atoms with E-state index in [2.05, 4.69) is 5.32 Å². The van der Waals surface area contributed by atoms with Gasteiger partial charge in [0.1, 0.15) is 0 Å². The minimum Gasteiger partial charge on any atom is -0.399 e. The molecule has 0 atom stereocenters. The highest BCUT2D eigenvalue weighted by atomic mass is 35.5. The molecule has 1 heterocycles. The lowest BCUT2D eigenvalue weighted by Crippen LogP contribution is -2.41. The molecule has 1 N–H and O–H groups in total. The lowest BCUT2D eigenvalue weighted by Gasteiger charge is -2.32. The van der Waals surface area contributed by atoms with Gasteiger partial charge in [-0.05, 0) is 59.1 Å². The highest BCUT2D eigenvalue weighted by Gasteiger charge is 2.51. The van der Waals surface area contributed by atoms with Gasteiger partial charge in [-0.3, -0.25) is 4.79 Å². The first-order valence-corrected chi connectivity index (χ1v) is 7.87. The molecular weight excluding hydrogens is 300 g/mol. The molecule has 4 nitrogen and oxygen atoms in total. The quantitative estimate of drug-likeness (QED) is 0.870. The van der Waals surface area contributed by atoms with Crippen molar-refractivity contribution in [3.63, 3.8) is 0 Å². The van der Waals surface area contributed by atoms with E-state index in [4.69, 9.17) is 20.9 Å². The molecule has 22 heavy (non-hydrogen) atoms. The van der Waals surface area contributed by atoms with Gasteiger partial charge in [0.15, 0.2) is 0 Å². The molecule has 0 saturated carbocycles. The van der Waals surface area contributed by atoms with Crippen molar-refractivity contribution in [1.29, 1.82) is 0 Å². The Morgan fingerprint density at radius 3 is 2.18 bits per heavy atom. The predicted molar refractivity (Wildman–Crippen MR) is 89.8 cm³/mol. The number of nitrogens with one attached hydrogen (secondary N) is 1. The summed E-state index contributed by atoms with van der Waals surface area (Å²) < 4.78 is 12.0. The Kier molecular flexibility index (Phi) is 4.62. The fourth-order valence-corrected chi connectivity index (χ4v) is 2.46. The van der Waals surface area contributed by atoms with Crippen molar-refractivity contribution in [2.24, 2.45) is 0 Å². The van der Waals surface area contributed by atoms with Crippen molar-refractivity contribution >= 4 is 30.1 Å². The van der Waals surface area contributed by atoms with E-state index in [1.54, 1.807) is 12.1 Å². The summed E-state index contributed by atoms with van der Waals surface area (Å²) in [5.74, 6) is -0.180. The SMILES string of the molecule is CC(C)NC(=O)c1ccc(B2OC(C)(C)C(C)(C)O2)cc1Cl. The van der Waals surface area contributed by atoms with E-state index in [0.717, 1.165) is 5.46 Å². The molecular formula is C16H23BClNO3. The zero-order valence-electron chi connectivity index (χ0n) is 14.0. The maximum atomic E-state index is 12.1. The fourth-order valence-electron chi connectivity index (χ4n) is 2.18. The molecule has 0 aromatic heterocycles. The van der Waals surface area contributed by atoms with Crippen LogP contribution in [0.2, 0.25) is 5.02 Å². The van der Waals surface area contributed by atoms with Crippen LogP contribution in [0, 0.1) is 0 Å². The van der Waals surface area contributed by atoms with Crippen LogP contribution < -0.4 is 10.8 Å². The number of hydrogen-bond acceptors (Lipinski definition) is 3. The van der Waals surface area contributed by atoms with Crippen molar-refractivity contribution in [3.8, 4) is 0 Å². The van der Waals surface area contributed by atoms with E-state index in [1.807, 2.05) is 47.6 Å². The average Bonchev–Trinajstić information content (AvgIpc) is 2.57. The van der Waals surface area contributed by atoms with E-state index < -0.39 is 18.3 Å². The second-order valence-corrected chi connectivity index (χ2v) is 7.36. The van der Waals surface area contributed by atoms with E-state index in [-0.39, 0.29) is 11.9 Å². The molecule has 2 rings (SSSR count). The van der Waals surface area contributed by atoms with Crippen LogP contribution in [-0.4, -0.2) is 30.3 Å². The Bertz CT molecular complexity index is 571. The molecule has 1 aromatic carbocycles. The lowest BCUT2D eigenvalue weighted by atomic mass is 9.79. The Balaban J connectivity index is 2.22. The normalized spacial score (nSPS) is 19.5. The van der Waals surface area contributed by atoms with Crippen molar-refractivity contribution in [2.75, 3.05) is 0 Å². The summed E-state index contributed by atoms with van der Waals surface area (Å²) in [7, 11) is -0.482. The van der Waals surface area contributed by atoms with Crippen LogP contribution in [0.3, 0.4) is 0 Å². The van der Waals surface area contributed by atoms with Crippen molar-refractivity contribution < 1.29 is 14.1 Å². The monoisotopic (exact) mass is 323 g/mol. The molecule has 1 fully saturated rings. The second-order valence-electron chi connectivity index (χ2n) is 6.96. The minimum absolute atomic E-state index is 0.0614. The highest BCUT2D eigenvalue weighted by Crippen LogP contribution is 2.36. The van der Waals surface area contributed by atoms with Crippen LogP contribution in [-0.2, 0) is 9.31 Å². The van der Waals surface area contributed by atoms with Crippen LogP contribution in [0.5, 0.6) is 0 Å². The van der Waals surface area contributed by atoms with E-state index >= 15 is 0 Å². The zero-order valence-corrected chi connectivity index (χ0v) is 14.7. The topological polar surface area (TPSA) is 47.6 Å².